The van der Waals surface area contributed by atoms with Gasteiger partial charge in [0.2, 0.25) is 0 Å². The van der Waals surface area contributed by atoms with Gasteiger partial charge in [0.1, 0.15) is 5.76 Å². The van der Waals surface area contributed by atoms with Crippen LogP contribution in [0.1, 0.15) is 43.9 Å². The number of hydrogen-bond acceptors (Lipinski definition) is 3. The van der Waals surface area contributed by atoms with Crippen molar-refractivity contribution in [3.05, 3.63) is 23.7 Å². The molecule has 0 saturated carbocycles. The fourth-order valence-electron chi connectivity index (χ4n) is 2.39. The Kier molecular flexibility index (Phi) is 5.08. The minimum atomic E-state index is 0.917. The summed E-state index contributed by atoms with van der Waals surface area (Å²) in [6.07, 6.45) is 7.34. The third kappa shape index (κ3) is 4.17. The third-order valence-electron chi connectivity index (χ3n) is 3.37. The van der Waals surface area contributed by atoms with E-state index in [-0.39, 0.29) is 0 Å². The van der Waals surface area contributed by atoms with Crippen molar-refractivity contribution >= 4 is 0 Å². The molecule has 0 amide bonds. The maximum absolute atomic E-state index is 5.62. The van der Waals surface area contributed by atoms with Crippen LogP contribution in [-0.4, -0.2) is 24.5 Å². The van der Waals surface area contributed by atoms with Gasteiger partial charge in [0.25, 0.3) is 0 Å². The van der Waals surface area contributed by atoms with E-state index in [2.05, 4.69) is 23.2 Å². The SMILES string of the molecule is CCNCc1coc(CN2CCCCCC2)c1. The second kappa shape index (κ2) is 6.82. The Morgan fingerprint density at radius 3 is 2.71 bits per heavy atom. The monoisotopic (exact) mass is 236 g/mol. The van der Waals surface area contributed by atoms with Gasteiger partial charge in [0, 0.05) is 12.1 Å². The van der Waals surface area contributed by atoms with E-state index in [9.17, 15) is 0 Å². The van der Waals surface area contributed by atoms with E-state index in [1.54, 1.807) is 0 Å². The Bertz CT molecular complexity index is 314. The first kappa shape index (κ1) is 12.7. The average molecular weight is 236 g/mol. The van der Waals surface area contributed by atoms with Gasteiger partial charge in [-0.2, -0.15) is 0 Å². The summed E-state index contributed by atoms with van der Waals surface area (Å²) in [6.45, 7) is 7.48. The van der Waals surface area contributed by atoms with E-state index < -0.39 is 0 Å². The standard InChI is InChI=1S/C14H24N2O/c1-2-15-10-13-9-14(17-12-13)11-16-7-5-3-4-6-8-16/h9,12,15H,2-8,10-11H2,1H3. The summed E-state index contributed by atoms with van der Waals surface area (Å²) in [7, 11) is 0. The van der Waals surface area contributed by atoms with Crippen LogP contribution in [0.4, 0.5) is 0 Å². The first-order chi connectivity index (χ1) is 8.38. The molecule has 1 fully saturated rings. The number of furan rings is 1. The molecular weight excluding hydrogens is 212 g/mol. The second-order valence-electron chi connectivity index (χ2n) is 4.89. The number of nitrogens with zero attached hydrogens (tertiary/aromatic N) is 1. The highest BCUT2D eigenvalue weighted by atomic mass is 16.3. The van der Waals surface area contributed by atoms with Crippen molar-refractivity contribution in [3.8, 4) is 0 Å². The summed E-state index contributed by atoms with van der Waals surface area (Å²) in [5.41, 5.74) is 1.26. The molecule has 2 rings (SSSR count). The maximum Gasteiger partial charge on any atom is 0.118 e. The smallest absolute Gasteiger partial charge is 0.118 e. The van der Waals surface area contributed by atoms with Crippen LogP contribution in [0.5, 0.6) is 0 Å². The van der Waals surface area contributed by atoms with Crippen LogP contribution in [0.25, 0.3) is 0 Å². The first-order valence-corrected chi connectivity index (χ1v) is 6.88. The van der Waals surface area contributed by atoms with Gasteiger partial charge in [-0.1, -0.05) is 19.8 Å². The third-order valence-corrected chi connectivity index (χ3v) is 3.37. The van der Waals surface area contributed by atoms with E-state index in [0.717, 1.165) is 25.4 Å². The molecule has 1 aromatic rings. The highest BCUT2D eigenvalue weighted by Gasteiger charge is 2.11. The van der Waals surface area contributed by atoms with Crippen LogP contribution in [-0.2, 0) is 13.1 Å². The van der Waals surface area contributed by atoms with Gasteiger partial charge in [0.15, 0.2) is 0 Å². The minimum Gasteiger partial charge on any atom is -0.468 e. The second-order valence-corrected chi connectivity index (χ2v) is 4.89. The zero-order valence-electron chi connectivity index (χ0n) is 10.9. The molecule has 1 saturated heterocycles. The Morgan fingerprint density at radius 2 is 2.00 bits per heavy atom. The highest BCUT2D eigenvalue weighted by molar-refractivity contribution is 5.12. The van der Waals surface area contributed by atoms with Crippen molar-refractivity contribution in [2.45, 2.75) is 45.7 Å². The summed E-state index contributed by atoms with van der Waals surface area (Å²) < 4.78 is 5.62. The lowest BCUT2D eigenvalue weighted by molar-refractivity contribution is 0.253. The summed E-state index contributed by atoms with van der Waals surface area (Å²) in [4.78, 5) is 2.52. The van der Waals surface area contributed by atoms with Crippen molar-refractivity contribution in [2.24, 2.45) is 0 Å². The van der Waals surface area contributed by atoms with E-state index in [4.69, 9.17) is 4.42 Å². The van der Waals surface area contributed by atoms with E-state index in [0.29, 0.717) is 0 Å². The summed E-state index contributed by atoms with van der Waals surface area (Å²) in [5, 5.41) is 3.32. The van der Waals surface area contributed by atoms with Crippen molar-refractivity contribution in [3.63, 3.8) is 0 Å². The molecule has 0 aromatic carbocycles. The molecule has 3 heteroatoms. The van der Waals surface area contributed by atoms with Crippen LogP contribution in [0.2, 0.25) is 0 Å². The first-order valence-electron chi connectivity index (χ1n) is 6.88. The van der Waals surface area contributed by atoms with Crippen molar-refractivity contribution in [2.75, 3.05) is 19.6 Å². The Labute approximate surface area is 104 Å². The predicted molar refractivity (Wildman–Crippen MR) is 69.8 cm³/mol. The van der Waals surface area contributed by atoms with Gasteiger partial charge in [-0.3, -0.25) is 4.90 Å². The van der Waals surface area contributed by atoms with Crippen molar-refractivity contribution in [1.29, 1.82) is 0 Å². The number of hydrogen-bond donors (Lipinski definition) is 1. The largest absolute Gasteiger partial charge is 0.468 e. The van der Waals surface area contributed by atoms with Crippen molar-refractivity contribution in [1.82, 2.24) is 10.2 Å². The van der Waals surface area contributed by atoms with Gasteiger partial charge in [0.05, 0.1) is 12.8 Å². The van der Waals surface area contributed by atoms with E-state index >= 15 is 0 Å². The van der Waals surface area contributed by atoms with E-state index in [1.165, 1.54) is 44.3 Å². The molecule has 17 heavy (non-hydrogen) atoms. The molecule has 1 aliphatic heterocycles. The molecule has 0 unspecified atom stereocenters. The Balaban J connectivity index is 1.82. The molecule has 1 aliphatic rings. The quantitative estimate of drug-likeness (QED) is 0.852. The molecule has 96 valence electrons. The lowest BCUT2D eigenvalue weighted by Gasteiger charge is -2.17. The van der Waals surface area contributed by atoms with Crippen LogP contribution >= 0.6 is 0 Å². The number of rotatable bonds is 5. The molecular formula is C14H24N2O. The lowest BCUT2D eigenvalue weighted by Crippen LogP contribution is -2.23. The fraction of sp³-hybridized carbons (Fsp3) is 0.714. The summed E-state index contributed by atoms with van der Waals surface area (Å²) in [5.74, 6) is 1.11. The zero-order valence-corrected chi connectivity index (χ0v) is 10.9. The molecule has 0 radical (unpaired) electrons. The molecule has 1 N–H and O–H groups in total. The molecule has 0 atom stereocenters. The van der Waals surface area contributed by atoms with Crippen LogP contribution in [0, 0.1) is 0 Å². The van der Waals surface area contributed by atoms with Crippen molar-refractivity contribution < 1.29 is 4.42 Å². The van der Waals surface area contributed by atoms with Gasteiger partial charge in [-0.05, 0) is 38.5 Å². The van der Waals surface area contributed by atoms with Crippen LogP contribution < -0.4 is 5.32 Å². The normalized spacial score (nSPS) is 18.2. The lowest BCUT2D eigenvalue weighted by atomic mass is 10.2. The molecule has 2 heterocycles. The van der Waals surface area contributed by atoms with Crippen LogP contribution in [0.3, 0.4) is 0 Å². The fourth-order valence-corrected chi connectivity index (χ4v) is 2.39. The number of likely N-dealkylation sites (tertiary alicyclic amines) is 1. The molecule has 0 bridgehead atoms. The average Bonchev–Trinajstić information content (AvgIpc) is 2.61. The molecule has 0 aliphatic carbocycles. The molecule has 0 spiro atoms. The predicted octanol–water partition coefficient (Wildman–Crippen LogP) is 2.77. The minimum absolute atomic E-state index is 0.917. The maximum atomic E-state index is 5.62. The summed E-state index contributed by atoms with van der Waals surface area (Å²) in [6, 6.07) is 2.19. The number of nitrogens with one attached hydrogen (secondary N) is 1. The van der Waals surface area contributed by atoms with Gasteiger partial charge in [-0.25, -0.2) is 0 Å². The molecule has 1 aromatic heterocycles. The Morgan fingerprint density at radius 1 is 1.24 bits per heavy atom. The Hall–Kier alpha value is -0.800. The molecule has 3 nitrogen and oxygen atoms in total. The van der Waals surface area contributed by atoms with Gasteiger partial charge >= 0.3 is 0 Å². The summed E-state index contributed by atoms with van der Waals surface area (Å²) >= 11 is 0. The topological polar surface area (TPSA) is 28.4 Å². The highest BCUT2D eigenvalue weighted by Crippen LogP contribution is 2.15. The zero-order chi connectivity index (χ0) is 11.9. The van der Waals surface area contributed by atoms with Crippen LogP contribution in [0.15, 0.2) is 16.7 Å². The van der Waals surface area contributed by atoms with E-state index in [1.807, 2.05) is 6.26 Å². The van der Waals surface area contributed by atoms with Gasteiger partial charge < -0.3 is 9.73 Å². The van der Waals surface area contributed by atoms with Gasteiger partial charge in [-0.15, -0.1) is 0 Å².